The van der Waals surface area contributed by atoms with Crippen LogP contribution in [0.1, 0.15) is 66.2 Å². The number of carboxylic acids is 1. The van der Waals surface area contributed by atoms with E-state index in [1.807, 2.05) is 48.7 Å². The number of carbonyl (C=O) groups is 4. The molecule has 3 aromatic rings. The van der Waals surface area contributed by atoms with Crippen molar-refractivity contribution in [3.8, 4) is 16.5 Å². The van der Waals surface area contributed by atoms with E-state index in [2.05, 4.69) is 10.6 Å². The third-order valence-corrected chi connectivity index (χ3v) is 10.4. The molecule has 2 saturated heterocycles. The molecule has 13 nitrogen and oxygen atoms in total. The van der Waals surface area contributed by atoms with E-state index in [-0.39, 0.29) is 30.7 Å². The molecule has 2 aliphatic heterocycles. The van der Waals surface area contributed by atoms with E-state index in [1.54, 1.807) is 20.8 Å². The first-order chi connectivity index (χ1) is 23.8. The normalized spacial score (nSPS) is 27.9. The van der Waals surface area contributed by atoms with Crippen LogP contribution in [0, 0.1) is 11.8 Å². The van der Waals surface area contributed by atoms with Gasteiger partial charge in [-0.05, 0) is 88.3 Å². The number of aliphatic carboxylic acids is 1. The van der Waals surface area contributed by atoms with Crippen LogP contribution in [0.25, 0.3) is 21.6 Å². The number of nitrogens with zero attached hydrogens (tertiary/aromatic N) is 3. The number of carbonyl (C=O) groups excluding carboxylic acids is 3. The molecule has 50 heavy (non-hydrogen) atoms. The molecule has 268 valence electrons. The number of benzene rings is 1. The number of ether oxygens (including phenoxy) is 3. The number of thiophene rings is 1. The maximum atomic E-state index is 14.6. The first-order valence-corrected chi connectivity index (χ1v) is 18.1. The Morgan fingerprint density at radius 3 is 2.48 bits per heavy atom. The zero-order chi connectivity index (χ0) is 35.6. The molecular formula is C36H45N5O8S. The quantitative estimate of drug-likeness (QED) is 0.335. The van der Waals surface area contributed by atoms with Crippen LogP contribution in [-0.4, -0.2) is 92.9 Å². The van der Waals surface area contributed by atoms with Gasteiger partial charge in [0, 0.05) is 19.6 Å². The van der Waals surface area contributed by atoms with Crippen molar-refractivity contribution in [1.82, 2.24) is 25.5 Å². The summed E-state index contributed by atoms with van der Waals surface area (Å²) in [6.07, 6.45) is 1.41. The summed E-state index contributed by atoms with van der Waals surface area (Å²) in [4.78, 5) is 66.1. The van der Waals surface area contributed by atoms with Crippen LogP contribution in [-0.2, 0) is 23.9 Å². The topological polar surface area (TPSA) is 169 Å². The second kappa shape index (κ2) is 14.5. The molecule has 3 aliphatic rings. The highest BCUT2D eigenvalue weighted by molar-refractivity contribution is 7.13. The number of para-hydroxylation sites is 2. The second-order valence-electron chi connectivity index (χ2n) is 14.5. The minimum atomic E-state index is -1.42. The molecule has 3 fully saturated rings. The molecule has 14 heteroatoms. The minimum absolute atomic E-state index is 0.00113. The van der Waals surface area contributed by atoms with E-state index >= 15 is 0 Å². The summed E-state index contributed by atoms with van der Waals surface area (Å²) in [6.45, 7) is 8.01. The first kappa shape index (κ1) is 35.5. The summed E-state index contributed by atoms with van der Waals surface area (Å²) < 4.78 is 17.9. The molecule has 1 aromatic carbocycles. The molecule has 0 radical (unpaired) electrons. The van der Waals surface area contributed by atoms with Crippen LogP contribution in [0.2, 0.25) is 0 Å². The number of fused-ring (bicyclic) bond motifs is 3. The predicted molar refractivity (Wildman–Crippen MR) is 186 cm³/mol. The molecule has 0 bridgehead atoms. The summed E-state index contributed by atoms with van der Waals surface area (Å²) in [7, 11) is 0. The van der Waals surface area contributed by atoms with E-state index in [9.17, 15) is 24.3 Å². The zero-order valence-electron chi connectivity index (χ0n) is 28.8. The van der Waals surface area contributed by atoms with E-state index < -0.39 is 53.2 Å². The number of amides is 3. The lowest BCUT2D eigenvalue weighted by molar-refractivity contribution is -0.146. The molecule has 6 atom stereocenters. The number of alkyl carbamates (subject to hydrolysis) is 1. The molecule has 3 unspecified atom stereocenters. The average molecular weight is 708 g/mol. The van der Waals surface area contributed by atoms with E-state index in [0.29, 0.717) is 62.0 Å². The van der Waals surface area contributed by atoms with Gasteiger partial charge in [0.05, 0.1) is 22.5 Å². The third kappa shape index (κ3) is 7.86. The summed E-state index contributed by atoms with van der Waals surface area (Å²) in [5.41, 5.74) is -0.352. The number of rotatable bonds is 5. The van der Waals surface area contributed by atoms with Gasteiger partial charge in [-0.1, -0.05) is 25.1 Å². The summed E-state index contributed by atoms with van der Waals surface area (Å²) in [5.74, 6) is -2.49. The highest BCUT2D eigenvalue weighted by atomic mass is 32.1. The summed E-state index contributed by atoms with van der Waals surface area (Å²) in [5, 5.41) is 17.8. The van der Waals surface area contributed by atoms with E-state index in [4.69, 9.17) is 24.2 Å². The maximum Gasteiger partial charge on any atom is 0.408 e. The largest absolute Gasteiger partial charge is 0.479 e. The molecule has 1 saturated carbocycles. The number of hydrogen-bond donors (Lipinski definition) is 3. The zero-order valence-corrected chi connectivity index (χ0v) is 29.7. The SMILES string of the molecule is CC1CCCOCCCC2CC2(C(=O)O)NC(=O)[C@@H]2C[C@@H](Oc3nc4ccccc4nc3-c3cccs3)CN2C(=O)[C@H]1NC(=O)OC(C)(C)C. The molecule has 3 N–H and O–H groups in total. The number of aromatic nitrogens is 2. The van der Waals surface area contributed by atoms with Crippen molar-refractivity contribution in [2.24, 2.45) is 11.8 Å². The Morgan fingerprint density at radius 2 is 1.80 bits per heavy atom. The van der Waals surface area contributed by atoms with Crippen LogP contribution in [0.15, 0.2) is 41.8 Å². The summed E-state index contributed by atoms with van der Waals surface area (Å²) >= 11 is 1.49. The fourth-order valence-electron chi connectivity index (χ4n) is 6.89. The number of hydrogen-bond acceptors (Lipinski definition) is 10. The van der Waals surface area contributed by atoms with Gasteiger partial charge in [0.25, 0.3) is 0 Å². The lowest BCUT2D eigenvalue weighted by atomic mass is 9.95. The third-order valence-electron chi connectivity index (χ3n) is 9.55. The van der Waals surface area contributed by atoms with Crippen molar-refractivity contribution in [2.45, 2.75) is 95.5 Å². The van der Waals surface area contributed by atoms with Gasteiger partial charge in [0.2, 0.25) is 17.7 Å². The fourth-order valence-corrected chi connectivity index (χ4v) is 7.60. The Hall–Kier alpha value is -4.30. The molecule has 1 aliphatic carbocycles. The van der Waals surface area contributed by atoms with E-state index in [0.717, 1.165) is 4.88 Å². The maximum absolute atomic E-state index is 14.6. The van der Waals surface area contributed by atoms with Gasteiger partial charge in [-0.2, -0.15) is 0 Å². The first-order valence-electron chi connectivity index (χ1n) is 17.2. The minimum Gasteiger partial charge on any atom is -0.479 e. The monoisotopic (exact) mass is 707 g/mol. The van der Waals surface area contributed by atoms with Crippen molar-refractivity contribution in [2.75, 3.05) is 19.8 Å². The van der Waals surface area contributed by atoms with Gasteiger partial charge in [0.1, 0.15) is 35.0 Å². The lowest BCUT2D eigenvalue weighted by Gasteiger charge is -2.32. The Balaban J connectivity index is 1.34. The lowest BCUT2D eigenvalue weighted by Crippen LogP contribution is -2.58. The Kier molecular flexibility index (Phi) is 10.3. The van der Waals surface area contributed by atoms with Crippen molar-refractivity contribution in [3.63, 3.8) is 0 Å². The van der Waals surface area contributed by atoms with Gasteiger partial charge in [-0.15, -0.1) is 11.3 Å². The van der Waals surface area contributed by atoms with Crippen LogP contribution in [0.3, 0.4) is 0 Å². The van der Waals surface area contributed by atoms with Gasteiger partial charge < -0.3 is 34.9 Å². The van der Waals surface area contributed by atoms with Crippen molar-refractivity contribution in [3.05, 3.63) is 41.8 Å². The average Bonchev–Trinajstić information content (AvgIpc) is 3.37. The molecule has 6 rings (SSSR count). The Labute approximate surface area is 295 Å². The van der Waals surface area contributed by atoms with Crippen molar-refractivity contribution < 1.29 is 38.5 Å². The highest BCUT2D eigenvalue weighted by Crippen LogP contribution is 2.47. The standard InChI is InChI=1S/C36H45N5O8S/c1-21-10-7-15-47-16-8-11-22-19-36(22,33(44)45)40-30(42)26-18-23(20-41(26)32(43)28(21)39-34(46)49-35(2,3)4)48-31-29(27-14-9-17-50-27)37-24-12-5-6-13-25(24)38-31/h5-6,9,12-14,17,21-23,26,28H,7-8,10-11,15-16,18-20H2,1-4H3,(H,39,46)(H,40,42)(H,44,45)/t21?,22?,23-,26+,28+,36?/m1/s1. The number of carboxylic acid groups (broad SMARTS) is 1. The van der Waals surface area contributed by atoms with Gasteiger partial charge >= 0.3 is 12.1 Å². The Morgan fingerprint density at radius 1 is 1.08 bits per heavy atom. The van der Waals surface area contributed by atoms with Gasteiger partial charge in [0.15, 0.2) is 0 Å². The van der Waals surface area contributed by atoms with Crippen molar-refractivity contribution in [1.29, 1.82) is 0 Å². The fraction of sp³-hybridized carbons (Fsp3) is 0.556. The molecule has 0 spiro atoms. The molecule has 2 aromatic heterocycles. The van der Waals surface area contributed by atoms with Crippen LogP contribution < -0.4 is 15.4 Å². The number of nitrogens with one attached hydrogen (secondary N) is 2. The van der Waals surface area contributed by atoms with Crippen molar-refractivity contribution >= 4 is 46.2 Å². The predicted octanol–water partition coefficient (Wildman–Crippen LogP) is 4.79. The smallest absolute Gasteiger partial charge is 0.408 e. The van der Waals surface area contributed by atoms with Crippen LogP contribution >= 0.6 is 11.3 Å². The summed E-state index contributed by atoms with van der Waals surface area (Å²) in [6, 6.07) is 9.19. The molecular weight excluding hydrogens is 662 g/mol. The van der Waals surface area contributed by atoms with Gasteiger partial charge in [-0.3, -0.25) is 9.59 Å². The van der Waals surface area contributed by atoms with E-state index in [1.165, 1.54) is 16.2 Å². The van der Waals surface area contributed by atoms with Crippen LogP contribution in [0.4, 0.5) is 4.79 Å². The molecule has 3 amide bonds. The molecule has 4 heterocycles. The Bertz CT molecular complexity index is 1730. The highest BCUT2D eigenvalue weighted by Gasteiger charge is 2.62. The second-order valence-corrected chi connectivity index (χ2v) is 15.4. The van der Waals surface area contributed by atoms with Crippen LogP contribution in [0.5, 0.6) is 5.88 Å². The van der Waals surface area contributed by atoms with Gasteiger partial charge in [-0.25, -0.2) is 19.6 Å².